The molecule has 182 valence electrons. The fraction of sp³-hybridized carbons (Fsp3) is 0.320. The highest BCUT2D eigenvalue weighted by atomic mass is 35.5. The van der Waals surface area contributed by atoms with E-state index in [1.54, 1.807) is 30.2 Å². The van der Waals surface area contributed by atoms with Crippen molar-refractivity contribution < 1.29 is 17.6 Å². The molecule has 6 nitrogen and oxygen atoms in total. The molecule has 3 aromatic rings. The van der Waals surface area contributed by atoms with Crippen molar-refractivity contribution in [1.29, 1.82) is 0 Å². The molecule has 1 amide bonds. The molecule has 0 spiro atoms. The van der Waals surface area contributed by atoms with Crippen molar-refractivity contribution in [1.82, 2.24) is 9.21 Å². The lowest BCUT2D eigenvalue weighted by molar-refractivity contribution is -0.132. The summed E-state index contributed by atoms with van der Waals surface area (Å²) in [6.07, 6.45) is 2.70. The van der Waals surface area contributed by atoms with E-state index < -0.39 is 16.1 Å². The Hall–Kier alpha value is -2.32. The molecule has 1 heterocycles. The van der Waals surface area contributed by atoms with Crippen molar-refractivity contribution in [3.05, 3.63) is 88.3 Å². The quantitative estimate of drug-likeness (QED) is 0.326. The molecule has 0 saturated heterocycles. The molecule has 0 fully saturated rings. The number of nitrogens with zero attached hydrogens (tertiary/aromatic N) is 2. The summed E-state index contributed by atoms with van der Waals surface area (Å²) < 4.78 is 33.8. The zero-order valence-electron chi connectivity index (χ0n) is 19.2. The summed E-state index contributed by atoms with van der Waals surface area (Å²) in [4.78, 5) is 15.0. The van der Waals surface area contributed by atoms with Crippen LogP contribution in [0.25, 0.3) is 0 Å². The zero-order chi connectivity index (χ0) is 24.7. The van der Waals surface area contributed by atoms with Crippen LogP contribution in [0.5, 0.6) is 0 Å². The van der Waals surface area contributed by atoms with Gasteiger partial charge in [-0.3, -0.25) is 4.79 Å². The van der Waals surface area contributed by atoms with E-state index in [0.29, 0.717) is 25.1 Å². The molecular formula is C25H28Cl2N2O4S. The van der Waals surface area contributed by atoms with E-state index in [1.165, 1.54) is 22.5 Å². The van der Waals surface area contributed by atoms with Crippen molar-refractivity contribution in [3.63, 3.8) is 0 Å². The van der Waals surface area contributed by atoms with E-state index >= 15 is 0 Å². The predicted octanol–water partition coefficient (Wildman–Crippen LogP) is 5.65. The maximum atomic E-state index is 13.6. The minimum atomic E-state index is -4.08. The van der Waals surface area contributed by atoms with Crippen molar-refractivity contribution in [2.45, 2.75) is 44.2 Å². The van der Waals surface area contributed by atoms with Gasteiger partial charge in [0, 0.05) is 17.6 Å². The highest BCUT2D eigenvalue weighted by Gasteiger charge is 2.33. The Kier molecular flexibility index (Phi) is 9.19. The standard InChI is InChI=1S/C25H28Cl2N2O4S/c1-3-19(2)29(34(31,32)24-16-21(26)11-12-23(24)27)18-25(30)28(17-22-10-7-15-33-22)14-13-20-8-5-4-6-9-20/h4-12,15-16,19H,3,13-14,17-18H2,1-2H3/t19-/m1/s1. The third-order valence-electron chi connectivity index (χ3n) is 5.65. The van der Waals surface area contributed by atoms with Gasteiger partial charge in [0.1, 0.15) is 10.7 Å². The van der Waals surface area contributed by atoms with Crippen LogP contribution >= 0.6 is 23.2 Å². The fourth-order valence-corrected chi connectivity index (χ4v) is 5.90. The third kappa shape index (κ3) is 6.63. The first kappa shape index (κ1) is 26.3. The summed E-state index contributed by atoms with van der Waals surface area (Å²) in [5, 5.41) is 0.308. The van der Waals surface area contributed by atoms with Crippen LogP contribution < -0.4 is 0 Å². The lowest BCUT2D eigenvalue weighted by Crippen LogP contribution is -2.46. The van der Waals surface area contributed by atoms with Crippen molar-refractivity contribution >= 4 is 39.1 Å². The molecule has 0 unspecified atom stereocenters. The van der Waals surface area contributed by atoms with E-state index in [2.05, 4.69) is 0 Å². The van der Waals surface area contributed by atoms with Gasteiger partial charge in [0.2, 0.25) is 15.9 Å². The van der Waals surface area contributed by atoms with Gasteiger partial charge in [-0.2, -0.15) is 4.31 Å². The Morgan fingerprint density at radius 3 is 2.44 bits per heavy atom. The highest BCUT2D eigenvalue weighted by Crippen LogP contribution is 2.29. The van der Waals surface area contributed by atoms with Gasteiger partial charge in [0.15, 0.2) is 0 Å². The van der Waals surface area contributed by atoms with Gasteiger partial charge in [-0.05, 0) is 55.7 Å². The van der Waals surface area contributed by atoms with Gasteiger partial charge in [-0.1, -0.05) is 60.5 Å². The Balaban J connectivity index is 1.87. The number of benzene rings is 2. The number of hydrogen-bond donors (Lipinski definition) is 0. The number of rotatable bonds is 11. The van der Waals surface area contributed by atoms with E-state index in [9.17, 15) is 13.2 Å². The van der Waals surface area contributed by atoms with Gasteiger partial charge in [0.05, 0.1) is 24.4 Å². The lowest BCUT2D eigenvalue weighted by Gasteiger charge is -2.30. The molecule has 2 aromatic carbocycles. The van der Waals surface area contributed by atoms with E-state index in [-0.39, 0.29) is 33.9 Å². The predicted molar refractivity (Wildman–Crippen MR) is 134 cm³/mol. The van der Waals surface area contributed by atoms with E-state index in [0.717, 1.165) is 5.56 Å². The number of carbonyl (C=O) groups is 1. The highest BCUT2D eigenvalue weighted by molar-refractivity contribution is 7.89. The van der Waals surface area contributed by atoms with Crippen LogP contribution in [0, 0.1) is 0 Å². The van der Waals surface area contributed by atoms with Gasteiger partial charge < -0.3 is 9.32 Å². The maximum Gasteiger partial charge on any atom is 0.245 e. The van der Waals surface area contributed by atoms with Crippen LogP contribution in [0.1, 0.15) is 31.6 Å². The molecule has 0 aliphatic heterocycles. The van der Waals surface area contributed by atoms with Gasteiger partial charge >= 0.3 is 0 Å². The van der Waals surface area contributed by atoms with E-state index in [4.69, 9.17) is 27.6 Å². The molecule has 0 radical (unpaired) electrons. The molecule has 3 rings (SSSR count). The Morgan fingerprint density at radius 2 is 1.79 bits per heavy atom. The zero-order valence-corrected chi connectivity index (χ0v) is 21.5. The average Bonchev–Trinajstić information content (AvgIpc) is 3.34. The molecule has 0 saturated carbocycles. The number of halogens is 2. The van der Waals surface area contributed by atoms with Crippen LogP contribution in [0.4, 0.5) is 0 Å². The van der Waals surface area contributed by atoms with Gasteiger partial charge in [0.25, 0.3) is 0 Å². The minimum Gasteiger partial charge on any atom is -0.467 e. The number of sulfonamides is 1. The smallest absolute Gasteiger partial charge is 0.245 e. The van der Waals surface area contributed by atoms with Crippen LogP contribution in [0.15, 0.2) is 76.2 Å². The second-order valence-corrected chi connectivity index (χ2v) is 10.7. The number of hydrogen-bond acceptors (Lipinski definition) is 4. The minimum absolute atomic E-state index is 0.0571. The van der Waals surface area contributed by atoms with Crippen LogP contribution in [0.2, 0.25) is 10.0 Å². The summed E-state index contributed by atoms with van der Waals surface area (Å²) in [6.45, 7) is 3.97. The molecular weight excluding hydrogens is 495 g/mol. The Labute approximate surface area is 211 Å². The fourth-order valence-electron chi connectivity index (χ4n) is 3.51. The lowest BCUT2D eigenvalue weighted by atomic mass is 10.1. The largest absolute Gasteiger partial charge is 0.467 e. The molecule has 9 heteroatoms. The first-order valence-corrected chi connectivity index (χ1v) is 13.2. The second kappa shape index (κ2) is 11.9. The number of carbonyl (C=O) groups excluding carboxylic acids is 1. The first-order chi connectivity index (χ1) is 16.2. The van der Waals surface area contributed by atoms with Crippen molar-refractivity contribution in [3.8, 4) is 0 Å². The summed E-state index contributed by atoms with van der Waals surface area (Å²) >= 11 is 12.3. The van der Waals surface area contributed by atoms with Gasteiger partial charge in [-0.25, -0.2) is 8.42 Å². The Bertz CT molecular complexity index is 1180. The normalized spacial score (nSPS) is 12.6. The van der Waals surface area contributed by atoms with Crippen molar-refractivity contribution in [2.75, 3.05) is 13.1 Å². The molecule has 34 heavy (non-hydrogen) atoms. The second-order valence-electron chi connectivity index (χ2n) is 8.01. The summed E-state index contributed by atoms with van der Waals surface area (Å²) in [5.74, 6) is 0.298. The summed E-state index contributed by atoms with van der Waals surface area (Å²) in [6, 6.07) is 17.2. The SMILES string of the molecule is CC[C@@H](C)N(CC(=O)N(CCc1ccccc1)Cc1ccco1)S(=O)(=O)c1cc(Cl)ccc1Cl. The first-order valence-electron chi connectivity index (χ1n) is 11.0. The summed E-state index contributed by atoms with van der Waals surface area (Å²) in [5.41, 5.74) is 1.08. The van der Waals surface area contributed by atoms with Crippen LogP contribution in [-0.4, -0.2) is 42.7 Å². The molecule has 0 N–H and O–H groups in total. The molecule has 0 aliphatic rings. The van der Waals surface area contributed by atoms with Crippen LogP contribution in [-0.2, 0) is 27.8 Å². The monoisotopic (exact) mass is 522 g/mol. The molecule has 1 aromatic heterocycles. The number of furan rings is 1. The molecule has 0 aliphatic carbocycles. The third-order valence-corrected chi connectivity index (χ3v) is 8.32. The number of amides is 1. The van der Waals surface area contributed by atoms with Crippen LogP contribution in [0.3, 0.4) is 0 Å². The van der Waals surface area contributed by atoms with Gasteiger partial charge in [-0.15, -0.1) is 0 Å². The maximum absolute atomic E-state index is 13.6. The topological polar surface area (TPSA) is 70.8 Å². The average molecular weight is 523 g/mol. The molecule has 0 bridgehead atoms. The van der Waals surface area contributed by atoms with Crippen molar-refractivity contribution in [2.24, 2.45) is 0 Å². The Morgan fingerprint density at radius 1 is 1.06 bits per heavy atom. The van der Waals surface area contributed by atoms with E-state index in [1.807, 2.05) is 37.3 Å². The summed E-state index contributed by atoms with van der Waals surface area (Å²) in [7, 11) is -4.08. The molecule has 1 atom stereocenters.